The van der Waals surface area contributed by atoms with Crippen LogP contribution < -0.4 is 11.1 Å². The van der Waals surface area contributed by atoms with E-state index in [4.69, 9.17) is 5.73 Å². The maximum Gasteiger partial charge on any atom is 0.238 e. The van der Waals surface area contributed by atoms with E-state index in [0.29, 0.717) is 5.75 Å². The number of carbonyl (C=O) groups excluding carboxylic acids is 1. The highest BCUT2D eigenvalue weighted by Crippen LogP contribution is 2.20. The summed E-state index contributed by atoms with van der Waals surface area (Å²) in [5, 5.41) is 4.08. The topological polar surface area (TPSA) is 72.9 Å². The fourth-order valence-corrected chi connectivity index (χ4v) is 2.37. The van der Waals surface area contributed by atoms with E-state index in [2.05, 4.69) is 17.2 Å². The number of nitrogens with two attached hydrogens (primary N) is 1. The van der Waals surface area contributed by atoms with Crippen LogP contribution in [0.4, 0.5) is 0 Å². The molecule has 0 saturated heterocycles. The third-order valence-corrected chi connectivity index (χ3v) is 3.95. The van der Waals surface area contributed by atoms with E-state index >= 15 is 0 Å². The summed E-state index contributed by atoms with van der Waals surface area (Å²) in [5.74, 6) is 0.250. The summed E-state index contributed by atoms with van der Waals surface area (Å²) in [6, 6.07) is 0. The normalized spacial score (nSPS) is 14.5. The Hall–Kier alpha value is -1.01. The van der Waals surface area contributed by atoms with Crippen molar-refractivity contribution in [3.63, 3.8) is 0 Å². The molecule has 0 aliphatic carbocycles. The molecule has 1 aromatic rings. The number of carbonyl (C=O) groups is 1. The number of rotatable bonds is 7. The van der Waals surface area contributed by atoms with Crippen LogP contribution >= 0.6 is 11.8 Å². The van der Waals surface area contributed by atoms with Crippen molar-refractivity contribution in [2.45, 2.75) is 31.0 Å². The van der Waals surface area contributed by atoms with Crippen molar-refractivity contribution in [1.82, 2.24) is 14.9 Å². The molecule has 3 N–H and O–H groups in total. The SMILES string of the molecule is CCCNC(C)(CSc1nccn1C)C(N)=O. The Balaban J connectivity index is 2.61. The van der Waals surface area contributed by atoms with Crippen molar-refractivity contribution < 1.29 is 4.79 Å². The van der Waals surface area contributed by atoms with Crippen LogP contribution in [-0.4, -0.2) is 33.3 Å². The predicted molar refractivity (Wildman–Crippen MR) is 69.8 cm³/mol. The summed E-state index contributed by atoms with van der Waals surface area (Å²) in [5.41, 5.74) is 4.76. The minimum atomic E-state index is -0.688. The summed E-state index contributed by atoms with van der Waals surface area (Å²) >= 11 is 1.53. The van der Waals surface area contributed by atoms with Gasteiger partial charge in [0.1, 0.15) is 5.54 Å². The lowest BCUT2D eigenvalue weighted by molar-refractivity contribution is -0.122. The van der Waals surface area contributed by atoms with Gasteiger partial charge in [0.15, 0.2) is 5.16 Å². The van der Waals surface area contributed by atoms with Crippen LogP contribution in [0.3, 0.4) is 0 Å². The number of imidazole rings is 1. The van der Waals surface area contributed by atoms with Gasteiger partial charge in [-0.3, -0.25) is 4.79 Å². The summed E-state index contributed by atoms with van der Waals surface area (Å²) < 4.78 is 1.92. The van der Waals surface area contributed by atoms with Crippen LogP contribution in [0.25, 0.3) is 0 Å². The molecule has 1 amide bonds. The van der Waals surface area contributed by atoms with Crippen LogP contribution in [0.5, 0.6) is 0 Å². The number of primary amides is 1. The first-order valence-electron chi connectivity index (χ1n) is 5.64. The molecule has 0 aliphatic heterocycles. The molecule has 0 fully saturated rings. The van der Waals surface area contributed by atoms with Crippen molar-refractivity contribution in [2.24, 2.45) is 12.8 Å². The lowest BCUT2D eigenvalue weighted by Crippen LogP contribution is -2.55. The Morgan fingerprint density at radius 2 is 2.41 bits per heavy atom. The molecular formula is C11H20N4OS. The lowest BCUT2D eigenvalue weighted by atomic mass is 10.1. The van der Waals surface area contributed by atoms with Gasteiger partial charge in [-0.25, -0.2) is 4.98 Å². The van der Waals surface area contributed by atoms with Gasteiger partial charge in [0, 0.05) is 25.2 Å². The second-order valence-electron chi connectivity index (χ2n) is 4.23. The van der Waals surface area contributed by atoms with Gasteiger partial charge in [0.25, 0.3) is 0 Å². The van der Waals surface area contributed by atoms with Crippen molar-refractivity contribution in [3.8, 4) is 0 Å². The quantitative estimate of drug-likeness (QED) is 0.706. The standard InChI is InChI=1S/C11H20N4OS/c1-4-5-14-11(2,9(12)16)8-17-10-13-6-7-15(10)3/h6-7,14H,4-5,8H2,1-3H3,(H2,12,16). The summed E-state index contributed by atoms with van der Waals surface area (Å²) in [4.78, 5) is 15.7. The molecule has 96 valence electrons. The Morgan fingerprint density at radius 3 is 2.88 bits per heavy atom. The molecule has 0 aliphatic rings. The number of thioether (sulfide) groups is 1. The summed E-state index contributed by atoms with van der Waals surface area (Å²) in [7, 11) is 1.93. The van der Waals surface area contributed by atoms with E-state index < -0.39 is 5.54 Å². The van der Waals surface area contributed by atoms with E-state index in [1.54, 1.807) is 6.20 Å². The predicted octanol–water partition coefficient (Wildman–Crippen LogP) is 0.756. The van der Waals surface area contributed by atoms with Gasteiger partial charge in [-0.1, -0.05) is 18.7 Å². The van der Waals surface area contributed by atoms with Gasteiger partial charge < -0.3 is 15.6 Å². The lowest BCUT2D eigenvalue weighted by Gasteiger charge is -2.26. The fourth-order valence-electron chi connectivity index (χ4n) is 1.31. The van der Waals surface area contributed by atoms with Gasteiger partial charge in [0.05, 0.1) is 0 Å². The second-order valence-corrected chi connectivity index (χ2v) is 5.18. The first-order chi connectivity index (χ1) is 7.99. The van der Waals surface area contributed by atoms with Gasteiger partial charge in [-0.05, 0) is 19.9 Å². The molecule has 0 saturated carbocycles. The largest absolute Gasteiger partial charge is 0.368 e. The Morgan fingerprint density at radius 1 is 1.71 bits per heavy atom. The number of hydrogen-bond donors (Lipinski definition) is 2. The molecule has 1 rings (SSSR count). The van der Waals surface area contributed by atoms with E-state index in [1.807, 2.05) is 24.7 Å². The highest BCUT2D eigenvalue weighted by Gasteiger charge is 2.30. The van der Waals surface area contributed by atoms with E-state index in [-0.39, 0.29) is 5.91 Å². The molecule has 5 nitrogen and oxygen atoms in total. The average Bonchev–Trinajstić information content (AvgIpc) is 2.69. The maximum atomic E-state index is 11.5. The molecule has 0 bridgehead atoms. The van der Waals surface area contributed by atoms with E-state index in [9.17, 15) is 4.79 Å². The van der Waals surface area contributed by atoms with Gasteiger partial charge >= 0.3 is 0 Å². The van der Waals surface area contributed by atoms with Crippen LogP contribution in [0, 0.1) is 0 Å². The molecular weight excluding hydrogens is 236 g/mol. The molecule has 0 radical (unpaired) electrons. The number of aromatic nitrogens is 2. The monoisotopic (exact) mass is 256 g/mol. The zero-order chi connectivity index (χ0) is 12.9. The number of nitrogens with zero attached hydrogens (tertiary/aromatic N) is 2. The highest BCUT2D eigenvalue weighted by atomic mass is 32.2. The minimum absolute atomic E-state index is 0.326. The van der Waals surface area contributed by atoms with Crippen LogP contribution in [0.15, 0.2) is 17.6 Å². The smallest absolute Gasteiger partial charge is 0.238 e. The Bertz CT molecular complexity index is 379. The van der Waals surface area contributed by atoms with Crippen LogP contribution in [-0.2, 0) is 11.8 Å². The number of nitrogens with one attached hydrogen (secondary N) is 1. The number of amides is 1. The Labute approximate surface area is 106 Å². The van der Waals surface area contributed by atoms with Crippen molar-refractivity contribution in [3.05, 3.63) is 12.4 Å². The van der Waals surface area contributed by atoms with Crippen LogP contribution in [0.2, 0.25) is 0 Å². The third kappa shape index (κ3) is 3.74. The zero-order valence-corrected chi connectivity index (χ0v) is 11.4. The highest BCUT2D eigenvalue weighted by molar-refractivity contribution is 7.99. The summed E-state index contributed by atoms with van der Waals surface area (Å²) in [6.45, 7) is 4.67. The average molecular weight is 256 g/mol. The molecule has 1 unspecified atom stereocenters. The Kier molecular flexibility index (Phi) is 5.02. The molecule has 1 aromatic heterocycles. The molecule has 1 heterocycles. The maximum absolute atomic E-state index is 11.5. The molecule has 0 spiro atoms. The van der Waals surface area contributed by atoms with Crippen molar-refractivity contribution in [2.75, 3.05) is 12.3 Å². The summed E-state index contributed by atoms with van der Waals surface area (Å²) in [6.07, 6.45) is 4.59. The zero-order valence-electron chi connectivity index (χ0n) is 10.6. The first kappa shape index (κ1) is 14.1. The third-order valence-electron chi connectivity index (χ3n) is 2.58. The fraction of sp³-hybridized carbons (Fsp3) is 0.636. The van der Waals surface area contributed by atoms with Crippen LogP contribution in [0.1, 0.15) is 20.3 Å². The molecule has 1 atom stereocenters. The van der Waals surface area contributed by atoms with E-state index in [0.717, 1.165) is 18.1 Å². The molecule has 6 heteroatoms. The van der Waals surface area contributed by atoms with Gasteiger partial charge in [-0.15, -0.1) is 0 Å². The minimum Gasteiger partial charge on any atom is -0.368 e. The molecule has 0 aromatic carbocycles. The first-order valence-corrected chi connectivity index (χ1v) is 6.63. The van der Waals surface area contributed by atoms with E-state index in [1.165, 1.54) is 11.8 Å². The van der Waals surface area contributed by atoms with Gasteiger partial charge in [0.2, 0.25) is 5.91 Å². The van der Waals surface area contributed by atoms with Crippen molar-refractivity contribution >= 4 is 17.7 Å². The van der Waals surface area contributed by atoms with Crippen molar-refractivity contribution in [1.29, 1.82) is 0 Å². The van der Waals surface area contributed by atoms with Gasteiger partial charge in [-0.2, -0.15) is 0 Å². The number of aryl methyl sites for hydroxylation is 1. The molecule has 17 heavy (non-hydrogen) atoms. The second kappa shape index (κ2) is 6.07. The number of hydrogen-bond acceptors (Lipinski definition) is 4.